The second-order valence-electron chi connectivity index (χ2n) is 16.8. The van der Waals surface area contributed by atoms with Crippen molar-refractivity contribution < 1.29 is 15.0 Å². The van der Waals surface area contributed by atoms with Gasteiger partial charge in [-0.3, -0.25) is 4.79 Å². The van der Waals surface area contributed by atoms with E-state index in [1.165, 1.54) is 167 Å². The van der Waals surface area contributed by atoms with E-state index in [2.05, 4.69) is 67.8 Å². The molecule has 57 heavy (non-hydrogen) atoms. The monoisotopic (exact) mass is 796 g/mol. The van der Waals surface area contributed by atoms with Crippen LogP contribution in [-0.4, -0.2) is 34.9 Å². The van der Waals surface area contributed by atoms with Crippen LogP contribution in [0, 0.1) is 0 Å². The van der Waals surface area contributed by atoms with Crippen molar-refractivity contribution in [3.8, 4) is 0 Å². The van der Waals surface area contributed by atoms with E-state index in [1.807, 2.05) is 6.08 Å². The fourth-order valence-corrected chi connectivity index (χ4v) is 7.45. The number of hydrogen-bond acceptors (Lipinski definition) is 3. The minimum atomic E-state index is -0.872. The van der Waals surface area contributed by atoms with E-state index in [4.69, 9.17) is 0 Å². The highest BCUT2D eigenvalue weighted by molar-refractivity contribution is 5.76. The van der Waals surface area contributed by atoms with Crippen molar-refractivity contribution >= 4 is 5.91 Å². The van der Waals surface area contributed by atoms with E-state index in [-0.39, 0.29) is 12.5 Å². The highest BCUT2D eigenvalue weighted by Gasteiger charge is 2.17. The highest BCUT2D eigenvalue weighted by Crippen LogP contribution is 2.16. The molecule has 3 N–H and O–H groups in total. The normalized spacial score (nSPS) is 13.4. The molecule has 0 heterocycles. The maximum Gasteiger partial charge on any atom is 0.220 e. The summed E-state index contributed by atoms with van der Waals surface area (Å²) >= 11 is 0. The Morgan fingerprint density at radius 3 is 1.23 bits per heavy atom. The summed E-state index contributed by atoms with van der Waals surface area (Å²) in [6.45, 7) is 4.19. The summed E-state index contributed by atoms with van der Waals surface area (Å²) in [4.78, 5) is 12.4. The lowest BCUT2D eigenvalue weighted by Gasteiger charge is -2.19. The first-order valence-corrected chi connectivity index (χ1v) is 25.0. The van der Waals surface area contributed by atoms with Crippen LogP contribution in [0.25, 0.3) is 0 Å². The number of allylic oxidation sites excluding steroid dienone is 9. The van der Waals surface area contributed by atoms with Gasteiger partial charge in [0, 0.05) is 6.42 Å². The molecule has 0 aliphatic rings. The molecule has 0 aromatic heterocycles. The lowest BCUT2D eigenvalue weighted by atomic mass is 10.0. The Kier molecular flexibility index (Phi) is 46.8. The molecule has 1 amide bonds. The minimum absolute atomic E-state index is 0.0913. The Morgan fingerprint density at radius 1 is 0.439 bits per heavy atom. The topological polar surface area (TPSA) is 69.6 Å². The van der Waals surface area contributed by atoms with Crippen molar-refractivity contribution in [3.63, 3.8) is 0 Å². The molecule has 0 radical (unpaired) electrons. The van der Waals surface area contributed by atoms with Gasteiger partial charge < -0.3 is 15.5 Å². The molecule has 0 spiro atoms. The quantitative estimate of drug-likeness (QED) is 0.0425. The zero-order valence-corrected chi connectivity index (χ0v) is 38.1. The molecule has 0 rings (SSSR count). The predicted molar refractivity (Wildman–Crippen MR) is 253 cm³/mol. The molecule has 4 heteroatoms. The van der Waals surface area contributed by atoms with Crippen LogP contribution < -0.4 is 5.32 Å². The Hall–Kier alpha value is -1.91. The molecule has 332 valence electrons. The highest BCUT2D eigenvalue weighted by atomic mass is 16.3. The van der Waals surface area contributed by atoms with E-state index >= 15 is 0 Å². The van der Waals surface area contributed by atoms with Crippen LogP contribution in [-0.2, 0) is 4.79 Å². The first-order valence-electron chi connectivity index (χ1n) is 25.0. The van der Waals surface area contributed by atoms with E-state index in [1.54, 1.807) is 6.08 Å². The SMILES string of the molecule is CC/C=C\C/C=C\C/C=C\CCCCCCCC(=O)NC(CO)C(O)/C=C/CC/C=C/CCCCCCCCCCCCCCCCCCCCCCCCCC. The molecular weight excluding hydrogens is 699 g/mol. The third-order valence-corrected chi connectivity index (χ3v) is 11.2. The van der Waals surface area contributed by atoms with Crippen LogP contribution in [0.2, 0.25) is 0 Å². The zero-order valence-electron chi connectivity index (χ0n) is 38.1. The first kappa shape index (κ1) is 55.1. The van der Waals surface area contributed by atoms with Gasteiger partial charge in [-0.05, 0) is 64.2 Å². The van der Waals surface area contributed by atoms with Gasteiger partial charge in [0.15, 0.2) is 0 Å². The lowest BCUT2D eigenvalue weighted by Crippen LogP contribution is -2.45. The van der Waals surface area contributed by atoms with Gasteiger partial charge in [-0.2, -0.15) is 0 Å². The summed E-state index contributed by atoms with van der Waals surface area (Å²) in [5.74, 6) is -0.0913. The third-order valence-electron chi connectivity index (χ3n) is 11.2. The number of carbonyl (C=O) groups is 1. The van der Waals surface area contributed by atoms with Gasteiger partial charge in [0.25, 0.3) is 0 Å². The number of unbranched alkanes of at least 4 members (excludes halogenated alkanes) is 30. The van der Waals surface area contributed by atoms with Gasteiger partial charge in [-0.15, -0.1) is 0 Å². The van der Waals surface area contributed by atoms with Crippen molar-refractivity contribution in [2.45, 2.75) is 264 Å². The molecule has 0 aromatic carbocycles. The Labute approximate surface area is 356 Å². The van der Waals surface area contributed by atoms with Crippen molar-refractivity contribution in [1.82, 2.24) is 5.32 Å². The van der Waals surface area contributed by atoms with Crippen LogP contribution in [0.3, 0.4) is 0 Å². The maximum atomic E-state index is 12.4. The molecule has 0 aliphatic heterocycles. The van der Waals surface area contributed by atoms with Crippen LogP contribution in [0.5, 0.6) is 0 Å². The van der Waals surface area contributed by atoms with Crippen LogP contribution >= 0.6 is 0 Å². The van der Waals surface area contributed by atoms with Crippen molar-refractivity contribution in [2.75, 3.05) is 6.61 Å². The molecule has 2 unspecified atom stereocenters. The molecule has 0 saturated heterocycles. The van der Waals surface area contributed by atoms with E-state index < -0.39 is 12.1 Å². The summed E-state index contributed by atoms with van der Waals surface area (Å²) in [5.41, 5.74) is 0. The van der Waals surface area contributed by atoms with Crippen LogP contribution in [0.15, 0.2) is 60.8 Å². The molecule has 2 atom stereocenters. The summed E-state index contributed by atoms with van der Waals surface area (Å²) in [5, 5.41) is 23.0. The van der Waals surface area contributed by atoms with Gasteiger partial charge in [0.05, 0.1) is 18.8 Å². The average molecular weight is 796 g/mol. The molecule has 0 saturated carbocycles. The standard InChI is InChI=1S/C53H97NO3/c1-3-5-7-9-11-13-15-17-19-20-21-22-23-24-25-26-27-28-29-30-31-32-33-35-36-38-40-42-44-46-48-52(56)51(50-55)54-53(57)49-47-45-43-41-39-37-34-18-16-14-12-10-8-6-4-2/h6,8,12,14,18,34,38,40,46,48,51-52,55-56H,3-5,7,9-11,13,15-17,19-33,35-37,39,41-45,47,49-50H2,1-2H3,(H,54,57)/b8-6-,14-12-,34-18-,40-38+,48-46+. The maximum absolute atomic E-state index is 12.4. The summed E-state index contributed by atoms with van der Waals surface area (Å²) in [7, 11) is 0. The molecular formula is C53H97NO3. The van der Waals surface area contributed by atoms with Gasteiger partial charge in [-0.25, -0.2) is 0 Å². The fraction of sp³-hybridized carbons (Fsp3) is 0.792. The van der Waals surface area contributed by atoms with E-state index in [9.17, 15) is 15.0 Å². The van der Waals surface area contributed by atoms with Crippen LogP contribution in [0.1, 0.15) is 251 Å². The first-order chi connectivity index (χ1) is 28.2. The van der Waals surface area contributed by atoms with Crippen molar-refractivity contribution in [1.29, 1.82) is 0 Å². The van der Waals surface area contributed by atoms with Crippen LogP contribution in [0.4, 0.5) is 0 Å². The lowest BCUT2D eigenvalue weighted by molar-refractivity contribution is -0.123. The second kappa shape index (κ2) is 48.5. The number of carbonyl (C=O) groups excluding carboxylic acids is 1. The van der Waals surface area contributed by atoms with Gasteiger partial charge >= 0.3 is 0 Å². The Bertz CT molecular complexity index is 950. The third kappa shape index (κ3) is 45.0. The largest absolute Gasteiger partial charge is 0.394 e. The number of hydrogen-bond donors (Lipinski definition) is 3. The number of aliphatic hydroxyl groups excluding tert-OH is 2. The molecule has 0 aromatic rings. The fourth-order valence-electron chi connectivity index (χ4n) is 7.45. The minimum Gasteiger partial charge on any atom is -0.394 e. The smallest absolute Gasteiger partial charge is 0.220 e. The number of rotatable bonds is 45. The molecule has 0 bridgehead atoms. The zero-order chi connectivity index (χ0) is 41.4. The number of amides is 1. The second-order valence-corrected chi connectivity index (χ2v) is 16.8. The Morgan fingerprint density at radius 2 is 0.789 bits per heavy atom. The van der Waals surface area contributed by atoms with Gasteiger partial charge in [-0.1, -0.05) is 242 Å². The van der Waals surface area contributed by atoms with Gasteiger partial charge in [0.2, 0.25) is 5.91 Å². The molecule has 0 fully saturated rings. The van der Waals surface area contributed by atoms with Crippen molar-refractivity contribution in [2.24, 2.45) is 0 Å². The summed E-state index contributed by atoms with van der Waals surface area (Å²) in [6.07, 6.45) is 68.0. The molecule has 0 aliphatic carbocycles. The Balaban J connectivity index is 3.54. The van der Waals surface area contributed by atoms with E-state index in [0.29, 0.717) is 6.42 Å². The summed E-state index contributed by atoms with van der Waals surface area (Å²) < 4.78 is 0. The van der Waals surface area contributed by atoms with E-state index in [0.717, 1.165) is 64.2 Å². The average Bonchev–Trinajstić information content (AvgIpc) is 3.22. The summed E-state index contributed by atoms with van der Waals surface area (Å²) in [6, 6.07) is -0.651. The van der Waals surface area contributed by atoms with Crippen molar-refractivity contribution in [3.05, 3.63) is 60.8 Å². The predicted octanol–water partition coefficient (Wildman–Crippen LogP) is 16.1. The number of nitrogens with one attached hydrogen (secondary N) is 1. The number of aliphatic hydroxyl groups is 2. The molecule has 4 nitrogen and oxygen atoms in total. The van der Waals surface area contributed by atoms with Gasteiger partial charge in [0.1, 0.15) is 0 Å².